The molecule has 0 aromatic heterocycles. The normalized spacial score (nSPS) is 19.7. The van der Waals surface area contributed by atoms with Crippen LogP contribution in [0.3, 0.4) is 0 Å². The summed E-state index contributed by atoms with van der Waals surface area (Å²) in [4.78, 5) is 26.1. The van der Waals surface area contributed by atoms with E-state index in [1.165, 1.54) is 12.1 Å². The highest BCUT2D eigenvalue weighted by atomic mass is 19.1. The number of carbonyl (C=O) groups is 2. The lowest BCUT2D eigenvalue weighted by atomic mass is 9.88. The van der Waals surface area contributed by atoms with Gasteiger partial charge in [0, 0.05) is 36.3 Å². The minimum Gasteiger partial charge on any atom is -0.491 e. The zero-order valence-electron chi connectivity index (χ0n) is 23.1. The lowest BCUT2D eigenvalue weighted by Gasteiger charge is -2.19. The first-order chi connectivity index (χ1) is 19.3. The average molecular weight is 546 g/mol. The van der Waals surface area contributed by atoms with E-state index in [1.54, 1.807) is 25.2 Å². The Morgan fingerprint density at radius 2 is 1.90 bits per heavy atom. The summed E-state index contributed by atoms with van der Waals surface area (Å²) in [6.07, 6.45) is 1.58. The second-order valence-electron chi connectivity index (χ2n) is 10.9. The second kappa shape index (κ2) is 12.1. The fraction of sp³-hybridized carbons (Fsp3) is 0.375. The van der Waals surface area contributed by atoms with Gasteiger partial charge in [-0.3, -0.25) is 9.59 Å². The number of fused-ring (bicyclic) bond motifs is 1. The highest BCUT2D eigenvalue weighted by Gasteiger charge is 2.40. The smallest absolute Gasteiger partial charge is 0.251 e. The molecule has 0 radical (unpaired) electrons. The van der Waals surface area contributed by atoms with Crippen molar-refractivity contribution in [1.29, 1.82) is 0 Å². The van der Waals surface area contributed by atoms with Gasteiger partial charge in [0.15, 0.2) is 0 Å². The van der Waals surface area contributed by atoms with Crippen LogP contribution in [0, 0.1) is 11.7 Å². The van der Waals surface area contributed by atoms with Crippen LogP contribution in [-0.4, -0.2) is 44.6 Å². The molecule has 2 heterocycles. The molecule has 2 aliphatic heterocycles. The molecule has 2 aliphatic rings. The first-order valence-corrected chi connectivity index (χ1v) is 13.9. The number of halogens is 1. The minimum absolute atomic E-state index is 0.150. The number of benzene rings is 3. The monoisotopic (exact) mass is 545 g/mol. The standard InChI is InChI=1S/C32H36FN3O4/c1-19(2)17-36-31(37)22-9-12-27(39-18-24-5-4-14-35-24)25(16-22)21-8-13-28-26(15-21)29(32(38)34-3)30(40-28)20-6-10-23(33)11-7-20/h6-13,15-16,19,24,29-30,35H,4-5,14,17-18H2,1-3H3,(H,34,38)(H,36,37). The molecule has 3 unspecified atom stereocenters. The van der Waals surface area contributed by atoms with Crippen molar-refractivity contribution >= 4 is 11.8 Å². The Morgan fingerprint density at radius 1 is 1.10 bits per heavy atom. The molecule has 2 amide bonds. The van der Waals surface area contributed by atoms with Crippen molar-refractivity contribution in [2.75, 3.05) is 26.7 Å². The summed E-state index contributed by atoms with van der Waals surface area (Å²) in [5.74, 6) is 0.261. The van der Waals surface area contributed by atoms with Crippen molar-refractivity contribution < 1.29 is 23.5 Å². The summed E-state index contributed by atoms with van der Waals surface area (Å²) >= 11 is 0. The third-order valence-electron chi connectivity index (χ3n) is 7.45. The maximum atomic E-state index is 13.6. The van der Waals surface area contributed by atoms with Gasteiger partial charge in [-0.05, 0) is 78.9 Å². The molecule has 1 saturated heterocycles. The van der Waals surface area contributed by atoms with Crippen LogP contribution in [0.25, 0.3) is 11.1 Å². The molecule has 40 heavy (non-hydrogen) atoms. The molecule has 7 nitrogen and oxygen atoms in total. The minimum atomic E-state index is -0.630. The van der Waals surface area contributed by atoms with Crippen molar-refractivity contribution in [3.05, 3.63) is 83.2 Å². The van der Waals surface area contributed by atoms with E-state index in [2.05, 4.69) is 16.0 Å². The Bertz CT molecular complexity index is 1370. The topological polar surface area (TPSA) is 88.7 Å². The van der Waals surface area contributed by atoms with E-state index < -0.39 is 12.0 Å². The largest absolute Gasteiger partial charge is 0.491 e. The van der Waals surface area contributed by atoms with Crippen LogP contribution in [0.4, 0.5) is 4.39 Å². The van der Waals surface area contributed by atoms with Crippen molar-refractivity contribution in [2.24, 2.45) is 5.92 Å². The number of hydrogen-bond acceptors (Lipinski definition) is 5. The van der Waals surface area contributed by atoms with Crippen LogP contribution in [0.15, 0.2) is 60.7 Å². The number of carbonyl (C=O) groups excluding carboxylic acids is 2. The maximum Gasteiger partial charge on any atom is 0.251 e. The zero-order chi connectivity index (χ0) is 28.2. The quantitative estimate of drug-likeness (QED) is 0.353. The molecule has 3 aromatic rings. The molecule has 0 aliphatic carbocycles. The van der Waals surface area contributed by atoms with Crippen molar-refractivity contribution in [1.82, 2.24) is 16.0 Å². The molecule has 8 heteroatoms. The van der Waals surface area contributed by atoms with Gasteiger partial charge in [0.25, 0.3) is 5.91 Å². The number of likely N-dealkylation sites (N-methyl/N-ethyl adjacent to an activating group) is 1. The Morgan fingerprint density at radius 3 is 2.60 bits per heavy atom. The average Bonchev–Trinajstić information content (AvgIpc) is 3.62. The summed E-state index contributed by atoms with van der Waals surface area (Å²) in [7, 11) is 1.59. The first-order valence-electron chi connectivity index (χ1n) is 13.9. The summed E-state index contributed by atoms with van der Waals surface area (Å²) in [6, 6.07) is 17.5. The fourth-order valence-electron chi connectivity index (χ4n) is 5.29. The molecule has 3 atom stereocenters. The molecular weight excluding hydrogens is 509 g/mol. The third kappa shape index (κ3) is 5.97. The molecule has 0 spiro atoms. The summed E-state index contributed by atoms with van der Waals surface area (Å²) < 4.78 is 26.1. The van der Waals surface area contributed by atoms with Crippen molar-refractivity contribution in [2.45, 2.75) is 44.8 Å². The fourth-order valence-corrected chi connectivity index (χ4v) is 5.29. The maximum absolute atomic E-state index is 13.6. The predicted molar refractivity (Wildman–Crippen MR) is 152 cm³/mol. The molecule has 210 valence electrons. The molecule has 3 aromatic carbocycles. The van der Waals surface area contributed by atoms with E-state index in [0.717, 1.165) is 36.1 Å². The highest BCUT2D eigenvalue weighted by Crippen LogP contribution is 2.48. The van der Waals surface area contributed by atoms with Gasteiger partial charge in [-0.25, -0.2) is 4.39 Å². The lowest BCUT2D eigenvalue weighted by Crippen LogP contribution is -2.29. The Balaban J connectivity index is 1.52. The van der Waals surface area contributed by atoms with E-state index in [-0.39, 0.29) is 23.7 Å². The van der Waals surface area contributed by atoms with Crippen molar-refractivity contribution in [3.8, 4) is 22.6 Å². The number of hydrogen-bond donors (Lipinski definition) is 3. The summed E-state index contributed by atoms with van der Waals surface area (Å²) in [6.45, 7) is 6.18. The van der Waals surface area contributed by atoms with Crippen LogP contribution in [0.1, 0.15) is 60.2 Å². The number of rotatable bonds is 9. The van der Waals surface area contributed by atoms with Gasteiger partial charge in [-0.1, -0.05) is 32.0 Å². The second-order valence-corrected chi connectivity index (χ2v) is 10.9. The van der Waals surface area contributed by atoms with Crippen LogP contribution < -0.4 is 25.4 Å². The Hall–Kier alpha value is -3.91. The van der Waals surface area contributed by atoms with Crippen LogP contribution in [-0.2, 0) is 4.79 Å². The van der Waals surface area contributed by atoms with E-state index in [1.807, 2.05) is 44.2 Å². The number of nitrogens with one attached hydrogen (secondary N) is 3. The zero-order valence-corrected chi connectivity index (χ0v) is 23.1. The summed E-state index contributed by atoms with van der Waals surface area (Å²) in [5.41, 5.74) is 3.54. The van der Waals surface area contributed by atoms with Gasteiger partial charge >= 0.3 is 0 Å². The molecular formula is C32H36FN3O4. The van der Waals surface area contributed by atoms with E-state index in [4.69, 9.17) is 9.47 Å². The van der Waals surface area contributed by atoms with Gasteiger partial charge < -0.3 is 25.4 Å². The molecule has 1 fully saturated rings. The van der Waals surface area contributed by atoms with E-state index >= 15 is 0 Å². The third-order valence-corrected chi connectivity index (χ3v) is 7.45. The van der Waals surface area contributed by atoms with Gasteiger partial charge in [0.2, 0.25) is 5.91 Å². The highest BCUT2D eigenvalue weighted by molar-refractivity contribution is 5.96. The molecule has 5 rings (SSSR count). The summed E-state index contributed by atoms with van der Waals surface area (Å²) in [5, 5.41) is 9.19. The Kier molecular flexibility index (Phi) is 8.35. The number of ether oxygens (including phenoxy) is 2. The van der Waals surface area contributed by atoms with Crippen molar-refractivity contribution in [3.63, 3.8) is 0 Å². The van der Waals surface area contributed by atoms with E-state index in [0.29, 0.717) is 41.7 Å². The van der Waals surface area contributed by atoms with Gasteiger partial charge in [0.1, 0.15) is 35.9 Å². The first kappa shape index (κ1) is 27.6. The van der Waals surface area contributed by atoms with E-state index in [9.17, 15) is 14.0 Å². The van der Waals surface area contributed by atoms with Gasteiger partial charge in [-0.15, -0.1) is 0 Å². The lowest BCUT2D eigenvalue weighted by molar-refractivity contribution is -0.123. The van der Waals surface area contributed by atoms with Crippen LogP contribution >= 0.6 is 0 Å². The number of amides is 2. The van der Waals surface area contributed by atoms with Gasteiger partial charge in [-0.2, -0.15) is 0 Å². The SMILES string of the molecule is CNC(=O)C1c2cc(-c3cc(C(=O)NCC(C)C)ccc3OCC3CCCN3)ccc2OC1c1ccc(F)cc1. The molecule has 0 bridgehead atoms. The Labute approximate surface area is 234 Å². The van der Waals surface area contributed by atoms with Crippen LogP contribution in [0.2, 0.25) is 0 Å². The predicted octanol–water partition coefficient (Wildman–Crippen LogP) is 4.97. The molecule has 0 saturated carbocycles. The molecule has 3 N–H and O–H groups in total. The van der Waals surface area contributed by atoms with Crippen LogP contribution in [0.5, 0.6) is 11.5 Å². The van der Waals surface area contributed by atoms with Gasteiger partial charge in [0.05, 0.1) is 0 Å².